The molecule has 0 saturated carbocycles. The van der Waals surface area contributed by atoms with E-state index in [2.05, 4.69) is 10.6 Å². The summed E-state index contributed by atoms with van der Waals surface area (Å²) in [6.45, 7) is 17.9. The molecule has 1 aromatic carbocycles. The quantitative estimate of drug-likeness (QED) is 0.164. The van der Waals surface area contributed by atoms with Crippen molar-refractivity contribution in [3.63, 3.8) is 0 Å². The van der Waals surface area contributed by atoms with Crippen molar-refractivity contribution in [2.75, 3.05) is 41.9 Å². The fourth-order valence-corrected chi connectivity index (χ4v) is 7.76. The summed E-state index contributed by atoms with van der Waals surface area (Å²) >= 11 is 0. The number of carboxylic acids is 1. The van der Waals surface area contributed by atoms with Crippen LogP contribution in [0.4, 0.5) is 0 Å². The largest absolute Gasteiger partial charge is 0.480 e. The molecule has 1 fully saturated rings. The summed E-state index contributed by atoms with van der Waals surface area (Å²) in [6.07, 6.45) is 0.820. The first-order chi connectivity index (χ1) is 25.9. The van der Waals surface area contributed by atoms with Gasteiger partial charge in [-0.15, -0.1) is 0 Å². The Morgan fingerprint density at radius 1 is 0.891 bits per heavy atom. The number of nitrogens with one attached hydrogen (secondary N) is 2. The van der Waals surface area contributed by atoms with Crippen molar-refractivity contribution in [2.24, 2.45) is 23.7 Å². The van der Waals surface area contributed by atoms with Crippen molar-refractivity contribution >= 4 is 29.6 Å². The predicted octanol–water partition coefficient (Wildman–Crippen LogP) is 4.47. The zero-order valence-electron chi connectivity index (χ0n) is 36.1. The molecule has 0 aromatic heterocycles. The minimum atomic E-state index is -1.14. The van der Waals surface area contributed by atoms with Crippen LogP contribution in [0.15, 0.2) is 30.3 Å². The molecule has 1 saturated heterocycles. The zero-order chi connectivity index (χ0) is 42.2. The molecule has 1 aliphatic heterocycles. The number of aliphatic carboxylic acids is 1. The minimum absolute atomic E-state index is 0.0104. The number of amides is 4. The van der Waals surface area contributed by atoms with E-state index in [0.717, 1.165) is 12.0 Å². The van der Waals surface area contributed by atoms with E-state index in [1.807, 2.05) is 105 Å². The highest BCUT2D eigenvalue weighted by atomic mass is 16.5. The Kier molecular flexibility index (Phi) is 21.7. The molecular formula is C42H73N5O8. The molecule has 8 unspecified atom stereocenters. The van der Waals surface area contributed by atoms with Gasteiger partial charge in [-0.05, 0) is 50.3 Å². The smallest absolute Gasteiger partial charge is 0.326 e. The molecule has 1 aliphatic rings. The number of likely N-dealkylation sites (tertiary alicyclic amines) is 1. The van der Waals surface area contributed by atoms with Crippen molar-refractivity contribution in [3.05, 3.63) is 35.9 Å². The third-order valence-electron chi connectivity index (χ3n) is 10.8. The average Bonchev–Trinajstić information content (AvgIpc) is 3.63. The highest BCUT2D eigenvalue weighted by molar-refractivity contribution is 5.90. The number of methoxy groups -OCH3 is 2. The number of hydrogen-bond donors (Lipinski definition) is 3. The van der Waals surface area contributed by atoms with Gasteiger partial charge >= 0.3 is 5.97 Å². The van der Waals surface area contributed by atoms with Crippen LogP contribution in [-0.4, -0.2) is 134 Å². The maximum absolute atomic E-state index is 14.2. The Morgan fingerprint density at radius 2 is 1.49 bits per heavy atom. The van der Waals surface area contributed by atoms with Gasteiger partial charge in [0.05, 0.1) is 42.7 Å². The number of likely N-dealkylation sites (N-methyl/N-ethyl adjacent to an activating group) is 2. The molecule has 2 rings (SSSR count). The van der Waals surface area contributed by atoms with E-state index in [0.29, 0.717) is 19.4 Å². The molecule has 0 aliphatic carbocycles. The zero-order valence-corrected chi connectivity index (χ0v) is 36.1. The second-order valence-electron chi connectivity index (χ2n) is 15.6. The van der Waals surface area contributed by atoms with E-state index >= 15 is 0 Å². The highest BCUT2D eigenvalue weighted by Crippen LogP contribution is 2.30. The van der Waals surface area contributed by atoms with Crippen LogP contribution in [-0.2, 0) is 39.9 Å². The van der Waals surface area contributed by atoms with Gasteiger partial charge < -0.3 is 35.0 Å². The van der Waals surface area contributed by atoms with E-state index < -0.39 is 60.2 Å². The van der Waals surface area contributed by atoms with Gasteiger partial charge in [-0.25, -0.2) is 4.79 Å². The molecule has 55 heavy (non-hydrogen) atoms. The van der Waals surface area contributed by atoms with Crippen LogP contribution in [0.5, 0.6) is 0 Å². The van der Waals surface area contributed by atoms with Gasteiger partial charge in [0, 0.05) is 34.2 Å². The van der Waals surface area contributed by atoms with Gasteiger partial charge in [0.15, 0.2) is 0 Å². The number of hydrogen-bond acceptors (Lipinski definition) is 8. The molecule has 4 amide bonds. The SMILES string of the molecule is CC.CCC(C)C(C(CC(=O)N1CCCC1C(OC)C(C)C(=O)NC(Cc1ccccc1)C(=O)O)OC)N(C)C(=O)[C@@H](NC(=O)C(C(C)C)N(C)C)C(C)C. The topological polar surface area (TPSA) is 158 Å². The lowest BCUT2D eigenvalue weighted by atomic mass is 9.89. The lowest BCUT2D eigenvalue weighted by Crippen LogP contribution is -2.59. The lowest BCUT2D eigenvalue weighted by molar-refractivity contribution is -0.148. The van der Waals surface area contributed by atoms with Crippen molar-refractivity contribution in [1.29, 1.82) is 0 Å². The van der Waals surface area contributed by atoms with Crippen LogP contribution in [0.1, 0.15) is 93.6 Å². The summed E-state index contributed by atoms with van der Waals surface area (Å²) in [5.41, 5.74) is 0.785. The molecule has 314 valence electrons. The van der Waals surface area contributed by atoms with Gasteiger partial charge in [0.25, 0.3) is 0 Å². The van der Waals surface area contributed by atoms with Crippen molar-refractivity contribution in [1.82, 2.24) is 25.3 Å². The van der Waals surface area contributed by atoms with E-state index in [1.165, 1.54) is 14.2 Å². The molecule has 0 spiro atoms. The maximum Gasteiger partial charge on any atom is 0.326 e. The van der Waals surface area contributed by atoms with E-state index in [-0.39, 0.29) is 48.3 Å². The number of carbonyl (C=O) groups is 5. The summed E-state index contributed by atoms with van der Waals surface area (Å²) in [7, 11) is 8.44. The van der Waals surface area contributed by atoms with Crippen molar-refractivity contribution < 1.29 is 38.6 Å². The van der Waals surface area contributed by atoms with Crippen LogP contribution in [0.3, 0.4) is 0 Å². The Balaban J connectivity index is 0.00000743. The van der Waals surface area contributed by atoms with Crippen LogP contribution >= 0.6 is 0 Å². The van der Waals surface area contributed by atoms with E-state index in [1.54, 1.807) is 23.8 Å². The standard InChI is InChI=1S/C40H67N5O8.C2H6/c1-13-26(6)35(44(10)39(49)33(24(2)3)42-38(48)34(25(4)5)43(8)9)31(52-11)23-32(46)45-21-17-20-30(45)36(53-12)27(7)37(47)41-29(40(50)51)22-28-18-15-14-16-19-28;1-2/h14-16,18-19,24-27,29-31,33-36H,13,17,20-23H2,1-12H3,(H,41,47)(H,42,48)(H,50,51);1-2H3/t26?,27?,29?,30?,31?,33-,34?,35?,36?;/m0./s1. The second kappa shape index (κ2) is 24.2. The van der Waals surface area contributed by atoms with Gasteiger partial charge in [0.2, 0.25) is 23.6 Å². The van der Waals surface area contributed by atoms with E-state index in [4.69, 9.17) is 9.47 Å². The number of carbonyl (C=O) groups excluding carboxylic acids is 4. The predicted molar refractivity (Wildman–Crippen MR) is 216 cm³/mol. The minimum Gasteiger partial charge on any atom is -0.480 e. The first-order valence-corrected chi connectivity index (χ1v) is 20.1. The summed E-state index contributed by atoms with van der Waals surface area (Å²) < 4.78 is 11.9. The highest BCUT2D eigenvalue weighted by Gasteiger charge is 2.43. The normalized spacial score (nSPS) is 18.6. The van der Waals surface area contributed by atoms with Crippen LogP contribution in [0, 0.1) is 23.7 Å². The Bertz CT molecular complexity index is 1330. The van der Waals surface area contributed by atoms with Crippen LogP contribution in [0.2, 0.25) is 0 Å². The number of benzene rings is 1. The monoisotopic (exact) mass is 776 g/mol. The molecule has 1 heterocycles. The number of ether oxygens (including phenoxy) is 2. The Hall–Kier alpha value is -3.55. The van der Waals surface area contributed by atoms with Crippen molar-refractivity contribution in [2.45, 2.75) is 137 Å². The van der Waals surface area contributed by atoms with Gasteiger partial charge in [0.1, 0.15) is 12.1 Å². The molecule has 0 bridgehead atoms. The summed E-state index contributed by atoms with van der Waals surface area (Å²) in [4.78, 5) is 72.5. The first-order valence-electron chi connectivity index (χ1n) is 20.1. The number of carboxylic acid groups (broad SMARTS) is 1. The van der Waals surface area contributed by atoms with Crippen LogP contribution < -0.4 is 10.6 Å². The van der Waals surface area contributed by atoms with Gasteiger partial charge in [-0.1, -0.05) is 99.1 Å². The Labute approximate surface area is 331 Å². The summed E-state index contributed by atoms with van der Waals surface area (Å²) in [6, 6.07) is 5.89. The molecule has 1 aromatic rings. The number of rotatable bonds is 21. The third-order valence-corrected chi connectivity index (χ3v) is 10.8. The second-order valence-corrected chi connectivity index (χ2v) is 15.6. The first kappa shape index (κ1) is 49.5. The molecule has 0 radical (unpaired) electrons. The number of nitrogens with zero attached hydrogens (tertiary/aromatic N) is 3. The molecular weight excluding hydrogens is 702 g/mol. The molecule has 9 atom stereocenters. The molecule has 13 nitrogen and oxygen atoms in total. The van der Waals surface area contributed by atoms with Crippen molar-refractivity contribution in [3.8, 4) is 0 Å². The fourth-order valence-electron chi connectivity index (χ4n) is 7.76. The summed E-state index contributed by atoms with van der Waals surface area (Å²) in [5, 5.41) is 15.6. The van der Waals surface area contributed by atoms with Crippen LogP contribution in [0.25, 0.3) is 0 Å². The van der Waals surface area contributed by atoms with E-state index in [9.17, 15) is 29.1 Å². The van der Waals surface area contributed by atoms with Gasteiger partial charge in [-0.2, -0.15) is 0 Å². The summed E-state index contributed by atoms with van der Waals surface area (Å²) in [5.74, 6) is -3.21. The molecule has 13 heteroatoms. The van der Waals surface area contributed by atoms with Gasteiger partial charge in [-0.3, -0.25) is 24.1 Å². The maximum atomic E-state index is 14.2. The average molecular weight is 776 g/mol. The molecule has 3 N–H and O–H groups in total. The lowest BCUT2D eigenvalue weighted by Gasteiger charge is -2.41. The fraction of sp³-hybridized carbons (Fsp3) is 0.738. The third kappa shape index (κ3) is 13.9. The Morgan fingerprint density at radius 3 is 1.96 bits per heavy atom.